The van der Waals surface area contributed by atoms with Crippen molar-refractivity contribution in [2.24, 2.45) is 0 Å². The third-order valence-electron chi connectivity index (χ3n) is 3.73. The third-order valence-corrected chi connectivity index (χ3v) is 3.73. The van der Waals surface area contributed by atoms with Gasteiger partial charge in [0.1, 0.15) is 0 Å². The Balaban J connectivity index is 2.09. The first-order chi connectivity index (χ1) is 12.9. The summed E-state index contributed by atoms with van der Waals surface area (Å²) in [5.41, 5.74) is 3.00. The Morgan fingerprint density at radius 3 is 2.52 bits per heavy atom. The van der Waals surface area contributed by atoms with Crippen LogP contribution in [0.1, 0.15) is 25.0 Å². The summed E-state index contributed by atoms with van der Waals surface area (Å²) in [6.07, 6.45) is 3.13. The van der Waals surface area contributed by atoms with E-state index in [1.165, 1.54) is 13.0 Å². The molecule has 0 saturated carbocycles. The van der Waals surface area contributed by atoms with Crippen LogP contribution in [0.5, 0.6) is 11.5 Å². The monoisotopic (exact) mass is 368 g/mol. The molecule has 0 aromatic heterocycles. The van der Waals surface area contributed by atoms with Crippen LogP contribution < -0.4 is 20.1 Å². The van der Waals surface area contributed by atoms with Crippen molar-refractivity contribution in [2.75, 3.05) is 24.4 Å². The molecule has 0 aliphatic heterocycles. The van der Waals surface area contributed by atoms with Gasteiger partial charge in [0.25, 0.3) is 0 Å². The first kappa shape index (κ1) is 20.0. The van der Waals surface area contributed by atoms with Crippen LogP contribution in [0, 0.1) is 6.92 Å². The second kappa shape index (κ2) is 9.43. The summed E-state index contributed by atoms with van der Waals surface area (Å²) >= 11 is 0. The summed E-state index contributed by atoms with van der Waals surface area (Å²) in [5, 5.41) is 5.52. The van der Waals surface area contributed by atoms with Crippen LogP contribution in [0.25, 0.3) is 6.08 Å². The molecule has 142 valence electrons. The van der Waals surface area contributed by atoms with Crippen molar-refractivity contribution < 1.29 is 19.1 Å². The van der Waals surface area contributed by atoms with E-state index in [-0.39, 0.29) is 11.8 Å². The predicted octanol–water partition coefficient (Wildman–Crippen LogP) is 4.01. The van der Waals surface area contributed by atoms with Crippen LogP contribution >= 0.6 is 0 Å². The van der Waals surface area contributed by atoms with Crippen molar-refractivity contribution in [3.05, 3.63) is 53.6 Å². The van der Waals surface area contributed by atoms with Gasteiger partial charge in [0.15, 0.2) is 11.5 Å². The maximum absolute atomic E-state index is 12.2. The number of rotatable bonds is 7. The van der Waals surface area contributed by atoms with Gasteiger partial charge in [0, 0.05) is 24.4 Å². The molecular weight excluding hydrogens is 344 g/mol. The molecule has 2 rings (SSSR count). The normalized spacial score (nSPS) is 10.5. The van der Waals surface area contributed by atoms with E-state index in [0.29, 0.717) is 29.5 Å². The molecule has 0 saturated heterocycles. The van der Waals surface area contributed by atoms with E-state index in [2.05, 4.69) is 10.6 Å². The van der Waals surface area contributed by atoms with E-state index in [0.717, 1.165) is 11.1 Å². The highest BCUT2D eigenvalue weighted by atomic mass is 16.5. The second-order valence-electron chi connectivity index (χ2n) is 5.88. The van der Waals surface area contributed by atoms with Gasteiger partial charge in [-0.1, -0.05) is 12.1 Å². The average molecular weight is 368 g/mol. The highest BCUT2D eigenvalue weighted by Crippen LogP contribution is 2.28. The molecule has 0 aliphatic rings. The molecule has 0 heterocycles. The SMILES string of the molecule is CCOc1cc(C=CC(=O)Nc2ccc(C)c(NC(C)=O)c2)ccc1OC. The van der Waals surface area contributed by atoms with Gasteiger partial charge in [0.05, 0.1) is 13.7 Å². The van der Waals surface area contributed by atoms with Gasteiger partial charge >= 0.3 is 0 Å². The number of amides is 2. The zero-order valence-corrected chi connectivity index (χ0v) is 16.0. The smallest absolute Gasteiger partial charge is 0.248 e. The van der Waals surface area contributed by atoms with Crippen molar-refractivity contribution in [3.8, 4) is 11.5 Å². The number of ether oxygens (including phenoxy) is 2. The van der Waals surface area contributed by atoms with E-state index in [1.807, 2.05) is 32.0 Å². The lowest BCUT2D eigenvalue weighted by Gasteiger charge is -2.10. The van der Waals surface area contributed by atoms with Gasteiger partial charge in [-0.3, -0.25) is 9.59 Å². The van der Waals surface area contributed by atoms with Crippen LogP contribution in [0.3, 0.4) is 0 Å². The average Bonchev–Trinajstić information content (AvgIpc) is 2.63. The minimum atomic E-state index is -0.276. The highest BCUT2D eigenvalue weighted by molar-refractivity contribution is 6.02. The molecule has 0 atom stereocenters. The molecule has 2 aromatic carbocycles. The quantitative estimate of drug-likeness (QED) is 0.724. The fraction of sp³-hybridized carbons (Fsp3) is 0.238. The highest BCUT2D eigenvalue weighted by Gasteiger charge is 2.06. The predicted molar refractivity (Wildman–Crippen MR) is 107 cm³/mol. The molecule has 0 aliphatic carbocycles. The maximum atomic E-state index is 12.2. The van der Waals surface area contributed by atoms with Crippen LogP contribution in [0.4, 0.5) is 11.4 Å². The Labute approximate surface area is 159 Å². The lowest BCUT2D eigenvalue weighted by Crippen LogP contribution is -2.10. The molecular formula is C21H24N2O4. The molecule has 6 heteroatoms. The number of hydrogen-bond donors (Lipinski definition) is 2. The summed E-state index contributed by atoms with van der Waals surface area (Å²) in [6, 6.07) is 10.8. The number of carbonyl (C=O) groups is 2. The summed E-state index contributed by atoms with van der Waals surface area (Å²) in [6.45, 7) is 5.75. The Hall–Kier alpha value is -3.28. The van der Waals surface area contributed by atoms with E-state index < -0.39 is 0 Å². The number of benzene rings is 2. The Bertz CT molecular complexity index is 859. The Kier molecular flexibility index (Phi) is 7.00. The number of hydrogen-bond acceptors (Lipinski definition) is 4. The number of aryl methyl sites for hydroxylation is 1. The fourth-order valence-corrected chi connectivity index (χ4v) is 2.45. The van der Waals surface area contributed by atoms with E-state index in [4.69, 9.17) is 9.47 Å². The molecule has 2 amide bonds. The van der Waals surface area contributed by atoms with E-state index in [9.17, 15) is 9.59 Å². The third kappa shape index (κ3) is 5.88. The largest absolute Gasteiger partial charge is 0.493 e. The lowest BCUT2D eigenvalue weighted by atomic mass is 10.1. The number of anilines is 2. The van der Waals surface area contributed by atoms with E-state index >= 15 is 0 Å². The molecule has 0 spiro atoms. The minimum Gasteiger partial charge on any atom is -0.493 e. The van der Waals surface area contributed by atoms with Gasteiger partial charge in [-0.25, -0.2) is 0 Å². The van der Waals surface area contributed by atoms with Crippen molar-refractivity contribution >= 4 is 29.3 Å². The van der Waals surface area contributed by atoms with Gasteiger partial charge in [-0.15, -0.1) is 0 Å². The van der Waals surface area contributed by atoms with Crippen LogP contribution in [-0.2, 0) is 9.59 Å². The molecule has 2 N–H and O–H groups in total. The molecule has 0 unspecified atom stereocenters. The van der Waals surface area contributed by atoms with Gasteiger partial charge in [0.2, 0.25) is 11.8 Å². The van der Waals surface area contributed by atoms with Gasteiger partial charge in [-0.05, 0) is 55.3 Å². The van der Waals surface area contributed by atoms with Crippen LogP contribution in [-0.4, -0.2) is 25.5 Å². The number of carbonyl (C=O) groups excluding carboxylic acids is 2. The lowest BCUT2D eigenvalue weighted by molar-refractivity contribution is -0.114. The Morgan fingerprint density at radius 1 is 1.07 bits per heavy atom. The first-order valence-electron chi connectivity index (χ1n) is 8.61. The van der Waals surface area contributed by atoms with Crippen molar-refractivity contribution in [1.29, 1.82) is 0 Å². The minimum absolute atomic E-state index is 0.161. The molecule has 0 bridgehead atoms. The zero-order valence-electron chi connectivity index (χ0n) is 16.0. The summed E-state index contributed by atoms with van der Waals surface area (Å²) < 4.78 is 10.8. The molecule has 6 nitrogen and oxygen atoms in total. The first-order valence-corrected chi connectivity index (χ1v) is 8.61. The number of methoxy groups -OCH3 is 1. The van der Waals surface area contributed by atoms with Crippen LogP contribution in [0.15, 0.2) is 42.5 Å². The van der Waals surface area contributed by atoms with Gasteiger partial charge in [-0.2, -0.15) is 0 Å². The zero-order chi connectivity index (χ0) is 19.8. The summed E-state index contributed by atoms with van der Waals surface area (Å²) in [7, 11) is 1.58. The standard InChI is InChI=1S/C21H24N2O4/c1-5-27-20-12-16(7-10-19(20)26-4)8-11-21(25)23-17-9-6-14(2)18(13-17)22-15(3)24/h6-13H,5H2,1-4H3,(H,22,24)(H,23,25). The Morgan fingerprint density at radius 2 is 1.85 bits per heavy atom. The van der Waals surface area contributed by atoms with Crippen molar-refractivity contribution in [3.63, 3.8) is 0 Å². The van der Waals surface area contributed by atoms with Crippen LogP contribution in [0.2, 0.25) is 0 Å². The topological polar surface area (TPSA) is 76.7 Å². The summed E-state index contributed by atoms with van der Waals surface area (Å²) in [4.78, 5) is 23.4. The molecule has 27 heavy (non-hydrogen) atoms. The number of nitrogens with one attached hydrogen (secondary N) is 2. The van der Waals surface area contributed by atoms with Gasteiger partial charge < -0.3 is 20.1 Å². The van der Waals surface area contributed by atoms with E-state index in [1.54, 1.807) is 31.4 Å². The maximum Gasteiger partial charge on any atom is 0.248 e. The summed E-state index contributed by atoms with van der Waals surface area (Å²) in [5.74, 6) is 0.831. The molecule has 2 aromatic rings. The molecule has 0 radical (unpaired) electrons. The van der Waals surface area contributed by atoms with Crippen molar-refractivity contribution in [2.45, 2.75) is 20.8 Å². The molecule has 0 fully saturated rings. The second-order valence-corrected chi connectivity index (χ2v) is 5.88. The van der Waals surface area contributed by atoms with Crippen molar-refractivity contribution in [1.82, 2.24) is 0 Å². The fourth-order valence-electron chi connectivity index (χ4n) is 2.45.